The summed E-state index contributed by atoms with van der Waals surface area (Å²) in [6.07, 6.45) is 4.80. The minimum Gasteiger partial charge on any atom is -0.385 e. The van der Waals surface area contributed by atoms with Gasteiger partial charge >= 0.3 is 0 Å². The maximum Gasteiger partial charge on any atom is 0.278 e. The molecule has 3 nitrogen and oxygen atoms in total. The number of hydrogen-bond acceptors (Lipinski definition) is 3. The van der Waals surface area contributed by atoms with Crippen LogP contribution in [0.15, 0.2) is 59.7 Å². The van der Waals surface area contributed by atoms with Crippen LogP contribution in [0.5, 0.6) is 0 Å². The first kappa shape index (κ1) is 33.4. The van der Waals surface area contributed by atoms with E-state index in [1.165, 1.54) is 11.1 Å². The quantitative estimate of drug-likeness (QED) is 0.335. The molecule has 6 heteroatoms. The summed E-state index contributed by atoms with van der Waals surface area (Å²) in [5, 5.41) is 12.5. The Kier molecular flexibility index (Phi) is 7.57. The van der Waals surface area contributed by atoms with Crippen molar-refractivity contribution in [2.45, 2.75) is 129 Å². The third-order valence-corrected chi connectivity index (χ3v) is 14.0. The van der Waals surface area contributed by atoms with Gasteiger partial charge in [-0.05, 0) is 91.9 Å². The second-order valence-corrected chi connectivity index (χ2v) is 17.5. The maximum absolute atomic E-state index is 16.7. The number of fused-ring (bicyclic) bond motifs is 4. The molecule has 0 aromatic heterocycles. The molecular weight excluding hydrogens is 597 g/mol. The van der Waals surface area contributed by atoms with Gasteiger partial charge in [-0.2, -0.15) is 0 Å². The molecule has 2 aromatic rings. The van der Waals surface area contributed by atoms with E-state index in [0.717, 1.165) is 42.5 Å². The van der Waals surface area contributed by atoms with Crippen molar-refractivity contribution in [3.8, 4) is 11.1 Å². The van der Waals surface area contributed by atoms with Gasteiger partial charge in [0.25, 0.3) is 5.92 Å². The Morgan fingerprint density at radius 2 is 1.40 bits per heavy atom. The molecule has 1 N–H and O–H groups in total. The average Bonchev–Trinajstić information content (AvgIpc) is 3.29. The van der Waals surface area contributed by atoms with E-state index in [1.54, 1.807) is 6.92 Å². The molecule has 1 aliphatic heterocycles. The van der Waals surface area contributed by atoms with Crippen LogP contribution in [0.2, 0.25) is 0 Å². The summed E-state index contributed by atoms with van der Waals surface area (Å²) < 4.78 is 59.8. The van der Waals surface area contributed by atoms with Crippen molar-refractivity contribution >= 4 is 0 Å². The number of halogens is 3. The number of alkyl halides is 3. The van der Waals surface area contributed by atoms with Crippen LogP contribution in [-0.2, 0) is 9.47 Å². The summed E-state index contributed by atoms with van der Waals surface area (Å²) in [6, 6.07) is 17.1. The fraction of sp³-hybridized carbons (Fsp3) is 0.659. The van der Waals surface area contributed by atoms with Crippen LogP contribution in [0.4, 0.5) is 13.2 Å². The van der Waals surface area contributed by atoms with Gasteiger partial charge in [-0.25, -0.2) is 13.2 Å². The molecule has 5 aliphatic rings. The summed E-state index contributed by atoms with van der Waals surface area (Å²) >= 11 is 0. The van der Waals surface area contributed by atoms with Crippen molar-refractivity contribution in [3.63, 3.8) is 0 Å². The van der Waals surface area contributed by atoms with Gasteiger partial charge in [-0.3, -0.25) is 0 Å². The van der Waals surface area contributed by atoms with E-state index in [-0.39, 0.29) is 23.2 Å². The van der Waals surface area contributed by atoms with Gasteiger partial charge in [0.1, 0.15) is 0 Å². The van der Waals surface area contributed by atoms with E-state index >= 15 is 13.2 Å². The Hall–Kier alpha value is -2.15. The molecule has 3 saturated carbocycles. The third-order valence-electron chi connectivity index (χ3n) is 14.0. The van der Waals surface area contributed by atoms with Crippen molar-refractivity contribution in [3.05, 3.63) is 70.8 Å². The van der Waals surface area contributed by atoms with E-state index in [4.69, 9.17) is 9.47 Å². The van der Waals surface area contributed by atoms with Gasteiger partial charge in [0.2, 0.25) is 0 Å². The van der Waals surface area contributed by atoms with Gasteiger partial charge in [-0.15, -0.1) is 0 Å². The van der Waals surface area contributed by atoms with E-state index in [1.807, 2.05) is 0 Å². The predicted octanol–water partition coefficient (Wildman–Crippen LogP) is 10.3. The van der Waals surface area contributed by atoms with Crippen LogP contribution in [0, 0.1) is 35.0 Å². The topological polar surface area (TPSA) is 38.7 Å². The molecule has 7 atom stereocenters. The first-order valence-electron chi connectivity index (χ1n) is 17.8. The van der Waals surface area contributed by atoms with E-state index in [9.17, 15) is 5.11 Å². The van der Waals surface area contributed by atoms with Gasteiger partial charge in [-0.1, -0.05) is 87.4 Å². The van der Waals surface area contributed by atoms with Crippen LogP contribution < -0.4 is 0 Å². The summed E-state index contributed by atoms with van der Waals surface area (Å²) in [4.78, 5) is 0. The summed E-state index contributed by atoms with van der Waals surface area (Å²) in [5.74, 6) is -4.18. The zero-order chi connectivity index (χ0) is 33.8. The molecule has 0 amide bonds. The fourth-order valence-corrected chi connectivity index (χ4v) is 10.7. The van der Waals surface area contributed by atoms with Crippen molar-refractivity contribution in [2.75, 3.05) is 13.2 Å². The van der Waals surface area contributed by atoms with Crippen molar-refractivity contribution in [1.29, 1.82) is 0 Å². The Balaban J connectivity index is 1.32. The Morgan fingerprint density at radius 3 is 2.00 bits per heavy atom. The fourth-order valence-electron chi connectivity index (χ4n) is 10.7. The highest BCUT2D eigenvalue weighted by atomic mass is 19.3. The number of aryl methyl sites for hydroxylation is 1. The number of rotatable bonds is 4. The second kappa shape index (κ2) is 10.7. The molecule has 1 heterocycles. The summed E-state index contributed by atoms with van der Waals surface area (Å²) in [6.45, 7) is 13.3. The molecule has 2 aromatic carbocycles. The van der Waals surface area contributed by atoms with Crippen molar-refractivity contribution in [1.82, 2.24) is 0 Å². The molecule has 5 unspecified atom stereocenters. The highest BCUT2D eigenvalue weighted by Gasteiger charge is 2.72. The lowest BCUT2D eigenvalue weighted by molar-refractivity contribution is -0.322. The first-order chi connectivity index (χ1) is 21.8. The van der Waals surface area contributed by atoms with Crippen LogP contribution in [0.25, 0.3) is 11.1 Å². The molecule has 0 bridgehead atoms. The smallest absolute Gasteiger partial charge is 0.278 e. The number of aliphatic hydroxyl groups is 1. The molecule has 1 saturated heterocycles. The molecule has 256 valence electrons. The largest absolute Gasteiger partial charge is 0.385 e. The number of ether oxygens (including phenoxy) is 2. The van der Waals surface area contributed by atoms with Crippen LogP contribution in [-0.4, -0.2) is 41.3 Å². The third kappa shape index (κ3) is 5.01. The van der Waals surface area contributed by atoms with E-state index in [2.05, 4.69) is 76.2 Å². The molecule has 7 rings (SSSR count). The van der Waals surface area contributed by atoms with E-state index < -0.39 is 33.8 Å². The minimum atomic E-state index is -3.47. The summed E-state index contributed by atoms with van der Waals surface area (Å²) in [7, 11) is 0. The number of benzene rings is 2. The van der Waals surface area contributed by atoms with Gasteiger partial charge < -0.3 is 14.6 Å². The Bertz CT molecular complexity index is 1540. The Morgan fingerprint density at radius 1 is 0.809 bits per heavy atom. The monoisotopic (exact) mass is 650 g/mol. The number of allylic oxidation sites excluding steroid dienone is 1. The van der Waals surface area contributed by atoms with Crippen LogP contribution in [0.1, 0.15) is 110 Å². The van der Waals surface area contributed by atoms with Crippen molar-refractivity contribution in [2.24, 2.45) is 28.1 Å². The maximum atomic E-state index is 16.7. The van der Waals surface area contributed by atoms with Crippen LogP contribution in [0.3, 0.4) is 0 Å². The normalized spacial score (nSPS) is 37.6. The zero-order valence-corrected chi connectivity index (χ0v) is 29.3. The van der Waals surface area contributed by atoms with Crippen LogP contribution >= 0.6 is 0 Å². The summed E-state index contributed by atoms with van der Waals surface area (Å²) in [5.41, 5.74) is 1.31. The molecule has 4 fully saturated rings. The predicted molar refractivity (Wildman–Crippen MR) is 180 cm³/mol. The lowest BCUT2D eigenvalue weighted by Gasteiger charge is -2.61. The molecule has 0 radical (unpaired) electrons. The second-order valence-electron chi connectivity index (χ2n) is 17.5. The molecular formula is C41H53F3O3. The highest BCUT2D eigenvalue weighted by molar-refractivity contribution is 5.64. The Labute approximate surface area is 279 Å². The van der Waals surface area contributed by atoms with Gasteiger partial charge in [0, 0.05) is 36.5 Å². The van der Waals surface area contributed by atoms with Crippen molar-refractivity contribution < 1.29 is 27.8 Å². The number of hydrogen-bond donors (Lipinski definition) is 1. The average molecular weight is 651 g/mol. The molecule has 4 aliphatic carbocycles. The SMILES string of the molecule is Cc1ccc(-c2ccc(C3CC4(C)C(CC[C@@]4(C)C(C)(F)C(C)(F)F)C4CC[C@@]5(O)CC6(CCC5=C34)OCC(C)(C)CO6)cc2)cc1. The highest BCUT2D eigenvalue weighted by Crippen LogP contribution is 2.74. The minimum absolute atomic E-state index is 0.0662. The standard InChI is InChI=1S/C41H53F3O3/c1-26-8-10-27(11-9-26)28-12-14-29(15-13-28)31-22-36(4)32(17-19-37(36,5)38(6,42)39(7,43)44)30-16-20-40(45)23-41(21-18-33(40)34(30)31)46-24-35(2,3)25-47-41/h8-15,30-32,45H,16-25H2,1-7H3/t30?,31?,32?,36?,37-,38?,40-/m1/s1. The lowest BCUT2D eigenvalue weighted by Crippen LogP contribution is -2.61. The molecule has 47 heavy (non-hydrogen) atoms. The zero-order valence-electron chi connectivity index (χ0n) is 29.3. The van der Waals surface area contributed by atoms with E-state index in [0.29, 0.717) is 58.2 Å². The first-order valence-corrected chi connectivity index (χ1v) is 17.8. The molecule has 1 spiro atoms. The van der Waals surface area contributed by atoms with Gasteiger partial charge in [0.15, 0.2) is 11.5 Å². The lowest BCUT2D eigenvalue weighted by atomic mass is 9.45. The van der Waals surface area contributed by atoms with Gasteiger partial charge in [0.05, 0.1) is 18.8 Å².